The van der Waals surface area contributed by atoms with Crippen LogP contribution in [0.25, 0.3) is 0 Å². The van der Waals surface area contributed by atoms with Crippen LogP contribution in [0.5, 0.6) is 5.75 Å². The Morgan fingerprint density at radius 3 is 2.66 bits per heavy atom. The average molecular weight is 505 g/mol. The van der Waals surface area contributed by atoms with Gasteiger partial charge in [0.05, 0.1) is 23.2 Å². The maximum Gasteiger partial charge on any atom is 0.255 e. The lowest BCUT2D eigenvalue weighted by molar-refractivity contribution is -0.136. The zero-order chi connectivity index (χ0) is 23.0. The SMILES string of the molecule is COc1cccnc1C(C)NC(=O)C(CC12CC(C1)C2)NC(=O)c1c(N)ccc(F)c1Br. The van der Waals surface area contributed by atoms with Crippen LogP contribution in [0.4, 0.5) is 10.1 Å². The van der Waals surface area contributed by atoms with Crippen molar-refractivity contribution in [2.75, 3.05) is 12.8 Å². The summed E-state index contributed by atoms with van der Waals surface area (Å²) >= 11 is 3.10. The van der Waals surface area contributed by atoms with Crippen LogP contribution in [-0.2, 0) is 4.79 Å². The molecule has 0 spiro atoms. The minimum Gasteiger partial charge on any atom is -0.495 e. The molecule has 2 bridgehead atoms. The number of benzene rings is 1. The van der Waals surface area contributed by atoms with E-state index >= 15 is 0 Å². The number of methoxy groups -OCH3 is 1. The normalized spacial score (nSPS) is 22.7. The third-order valence-electron chi connectivity index (χ3n) is 6.57. The second-order valence-corrected chi connectivity index (χ2v) is 9.65. The van der Waals surface area contributed by atoms with Crippen LogP contribution in [0.15, 0.2) is 34.9 Å². The van der Waals surface area contributed by atoms with Crippen molar-refractivity contribution in [1.82, 2.24) is 15.6 Å². The van der Waals surface area contributed by atoms with Crippen molar-refractivity contribution < 1.29 is 18.7 Å². The van der Waals surface area contributed by atoms with Gasteiger partial charge in [0.1, 0.15) is 23.3 Å². The fourth-order valence-corrected chi connectivity index (χ4v) is 5.40. The molecule has 0 radical (unpaired) electrons. The summed E-state index contributed by atoms with van der Waals surface area (Å²) < 4.78 is 19.3. The summed E-state index contributed by atoms with van der Waals surface area (Å²) in [4.78, 5) is 30.6. The van der Waals surface area contributed by atoms with Crippen LogP contribution in [-0.4, -0.2) is 29.9 Å². The fourth-order valence-electron chi connectivity index (χ4n) is 4.86. The Morgan fingerprint density at radius 1 is 1.31 bits per heavy atom. The van der Waals surface area contributed by atoms with Crippen molar-refractivity contribution in [2.45, 2.75) is 44.7 Å². The van der Waals surface area contributed by atoms with E-state index in [0.717, 1.165) is 25.2 Å². The highest BCUT2D eigenvalue weighted by molar-refractivity contribution is 9.10. The number of nitrogens with zero attached hydrogens (tertiary/aromatic N) is 1. The van der Waals surface area contributed by atoms with E-state index in [1.54, 1.807) is 25.4 Å². The van der Waals surface area contributed by atoms with E-state index < -0.39 is 23.8 Å². The first-order valence-corrected chi connectivity index (χ1v) is 11.4. The number of ether oxygens (including phenoxy) is 1. The van der Waals surface area contributed by atoms with Gasteiger partial charge in [0.15, 0.2) is 0 Å². The van der Waals surface area contributed by atoms with E-state index in [-0.39, 0.29) is 27.0 Å². The molecule has 1 aromatic heterocycles. The molecule has 1 heterocycles. The predicted octanol–water partition coefficient (Wildman–Crippen LogP) is 3.74. The number of aromatic nitrogens is 1. The predicted molar refractivity (Wildman–Crippen MR) is 122 cm³/mol. The number of hydrogen-bond acceptors (Lipinski definition) is 5. The Morgan fingerprint density at radius 2 is 2.03 bits per heavy atom. The maximum atomic E-state index is 14.0. The van der Waals surface area contributed by atoms with E-state index in [1.807, 2.05) is 6.92 Å². The third-order valence-corrected chi connectivity index (χ3v) is 7.34. The second-order valence-electron chi connectivity index (χ2n) is 8.86. The van der Waals surface area contributed by atoms with Crippen molar-refractivity contribution >= 4 is 33.4 Å². The van der Waals surface area contributed by atoms with E-state index in [9.17, 15) is 14.0 Å². The zero-order valence-electron chi connectivity index (χ0n) is 18.0. The first-order valence-electron chi connectivity index (χ1n) is 10.6. The molecule has 3 aliphatic rings. The Bertz CT molecular complexity index is 1050. The van der Waals surface area contributed by atoms with Crippen molar-refractivity contribution in [3.8, 4) is 5.75 Å². The first-order chi connectivity index (χ1) is 15.2. The first kappa shape index (κ1) is 22.5. The summed E-state index contributed by atoms with van der Waals surface area (Å²) in [5.41, 5.74) is 6.73. The number of rotatable bonds is 8. The highest BCUT2D eigenvalue weighted by Gasteiger charge is 2.57. The molecule has 2 unspecified atom stereocenters. The molecule has 2 amide bonds. The lowest BCUT2D eigenvalue weighted by Crippen LogP contribution is -2.58. The number of amides is 2. The van der Waals surface area contributed by atoms with Crippen LogP contribution in [0.2, 0.25) is 0 Å². The van der Waals surface area contributed by atoms with Crippen LogP contribution < -0.4 is 21.1 Å². The largest absolute Gasteiger partial charge is 0.495 e. The number of anilines is 1. The number of nitrogens with one attached hydrogen (secondary N) is 2. The third kappa shape index (κ3) is 4.18. The van der Waals surface area contributed by atoms with E-state index in [4.69, 9.17) is 10.5 Å². The van der Waals surface area contributed by atoms with Crippen LogP contribution >= 0.6 is 15.9 Å². The summed E-state index contributed by atoms with van der Waals surface area (Å²) in [6.45, 7) is 1.81. The lowest BCUT2D eigenvalue weighted by atomic mass is 9.43. The van der Waals surface area contributed by atoms with E-state index in [1.165, 1.54) is 12.1 Å². The number of nitrogens with two attached hydrogens (primary N) is 1. The molecular weight excluding hydrogens is 479 g/mol. The number of hydrogen-bond donors (Lipinski definition) is 3. The quantitative estimate of drug-likeness (QED) is 0.474. The van der Waals surface area contributed by atoms with Crippen LogP contribution in [0.1, 0.15) is 54.7 Å². The molecule has 3 aliphatic carbocycles. The molecule has 7 nitrogen and oxygen atoms in total. The summed E-state index contributed by atoms with van der Waals surface area (Å²) in [5.74, 6) is -0.213. The minimum absolute atomic E-state index is 0.0140. The Hall–Kier alpha value is -2.68. The summed E-state index contributed by atoms with van der Waals surface area (Å²) in [6.07, 6.45) is 5.37. The highest BCUT2D eigenvalue weighted by atomic mass is 79.9. The highest BCUT2D eigenvalue weighted by Crippen LogP contribution is 2.66. The van der Waals surface area contributed by atoms with Crippen molar-refractivity contribution in [3.63, 3.8) is 0 Å². The molecule has 2 aromatic rings. The van der Waals surface area contributed by atoms with Gasteiger partial charge in [-0.05, 0) is 84.1 Å². The fraction of sp³-hybridized carbons (Fsp3) is 0.435. The average Bonchev–Trinajstić information content (AvgIpc) is 2.71. The Labute approximate surface area is 194 Å². The summed E-state index contributed by atoms with van der Waals surface area (Å²) in [7, 11) is 1.54. The number of halogens is 2. The topological polar surface area (TPSA) is 106 Å². The van der Waals surface area contributed by atoms with Crippen molar-refractivity contribution in [1.29, 1.82) is 0 Å². The van der Waals surface area contributed by atoms with Gasteiger partial charge in [-0.25, -0.2) is 4.39 Å². The molecule has 5 rings (SSSR count). The van der Waals surface area contributed by atoms with Gasteiger partial charge in [0, 0.05) is 11.9 Å². The zero-order valence-corrected chi connectivity index (χ0v) is 19.5. The molecule has 0 saturated heterocycles. The maximum absolute atomic E-state index is 14.0. The molecule has 32 heavy (non-hydrogen) atoms. The van der Waals surface area contributed by atoms with Gasteiger partial charge >= 0.3 is 0 Å². The molecule has 4 N–H and O–H groups in total. The number of carbonyl (C=O) groups excluding carboxylic acids is 2. The van der Waals surface area contributed by atoms with Gasteiger partial charge < -0.3 is 21.1 Å². The monoisotopic (exact) mass is 504 g/mol. The van der Waals surface area contributed by atoms with Gasteiger partial charge in [-0.3, -0.25) is 14.6 Å². The van der Waals surface area contributed by atoms with E-state index in [2.05, 4.69) is 31.5 Å². The van der Waals surface area contributed by atoms with Crippen LogP contribution in [0, 0.1) is 17.2 Å². The summed E-state index contributed by atoms with van der Waals surface area (Å²) in [6, 6.07) is 4.83. The van der Waals surface area contributed by atoms with Crippen LogP contribution in [0.3, 0.4) is 0 Å². The molecule has 0 aliphatic heterocycles. The van der Waals surface area contributed by atoms with Gasteiger partial charge in [0.2, 0.25) is 5.91 Å². The number of carbonyl (C=O) groups is 2. The molecular formula is C23H26BrFN4O3. The molecule has 1 aromatic carbocycles. The van der Waals surface area contributed by atoms with Crippen molar-refractivity contribution in [2.24, 2.45) is 11.3 Å². The van der Waals surface area contributed by atoms with Crippen molar-refractivity contribution in [3.05, 3.63) is 52.0 Å². The molecule has 3 fully saturated rings. The molecule has 9 heteroatoms. The second kappa shape index (κ2) is 8.69. The molecule has 2 atom stereocenters. The lowest BCUT2D eigenvalue weighted by Gasteiger charge is -2.63. The van der Waals surface area contributed by atoms with Gasteiger partial charge in [-0.1, -0.05) is 0 Å². The Kier molecular flexibility index (Phi) is 6.11. The molecule has 3 saturated carbocycles. The number of nitrogen functional groups attached to an aromatic ring is 1. The standard InChI is InChI=1S/C23H26BrFN4O3/c1-12(20-17(32-2)4-3-7-27-20)28-21(30)16(11-23-8-13(9-23)10-23)29-22(31)18-15(26)6-5-14(25)19(18)24/h3-7,12-13,16H,8-11,26H2,1-2H3,(H,28,30)(H,29,31). The smallest absolute Gasteiger partial charge is 0.255 e. The van der Waals surface area contributed by atoms with Gasteiger partial charge in [0.25, 0.3) is 5.91 Å². The minimum atomic E-state index is -0.782. The summed E-state index contributed by atoms with van der Waals surface area (Å²) in [5, 5.41) is 5.74. The van der Waals surface area contributed by atoms with Gasteiger partial charge in [-0.2, -0.15) is 0 Å². The van der Waals surface area contributed by atoms with E-state index in [0.29, 0.717) is 17.9 Å². The van der Waals surface area contributed by atoms with Gasteiger partial charge in [-0.15, -0.1) is 0 Å². The molecule has 170 valence electrons. The number of pyridine rings is 1. The Balaban J connectivity index is 1.53.